The van der Waals surface area contributed by atoms with Crippen LogP contribution in [0.15, 0.2) is 18.6 Å². The van der Waals surface area contributed by atoms with E-state index < -0.39 is 0 Å². The lowest BCUT2D eigenvalue weighted by Gasteiger charge is -2.31. The Bertz CT molecular complexity index is 289. The molecule has 0 bridgehead atoms. The Morgan fingerprint density at radius 1 is 1.36 bits per heavy atom. The van der Waals surface area contributed by atoms with Crippen molar-refractivity contribution in [2.24, 2.45) is 5.92 Å². The van der Waals surface area contributed by atoms with Crippen LogP contribution in [-0.2, 0) is 0 Å². The summed E-state index contributed by atoms with van der Waals surface area (Å²) in [6.45, 7) is 2.32. The van der Waals surface area contributed by atoms with Crippen LogP contribution in [0.2, 0.25) is 0 Å². The van der Waals surface area contributed by atoms with Crippen LogP contribution in [0.4, 0.5) is 0 Å². The second kappa shape index (κ2) is 4.39. The van der Waals surface area contributed by atoms with Crippen molar-refractivity contribution in [3.63, 3.8) is 0 Å². The van der Waals surface area contributed by atoms with Crippen LogP contribution in [0.25, 0.3) is 0 Å². The lowest BCUT2D eigenvalue weighted by Crippen LogP contribution is -2.22. The number of aromatic nitrogens is 2. The molecule has 3 unspecified atom stereocenters. The fourth-order valence-electron chi connectivity index (χ4n) is 2.18. The molecule has 1 aliphatic carbocycles. The van der Waals surface area contributed by atoms with Crippen molar-refractivity contribution in [2.75, 3.05) is 0 Å². The molecule has 1 aliphatic rings. The van der Waals surface area contributed by atoms with E-state index in [1.165, 1.54) is 19.3 Å². The van der Waals surface area contributed by atoms with Gasteiger partial charge in [0.1, 0.15) is 0 Å². The zero-order chi connectivity index (χ0) is 9.97. The van der Waals surface area contributed by atoms with Gasteiger partial charge in [-0.2, -0.15) is 0 Å². The molecule has 76 valence electrons. The standard InChI is InChI=1S/C11H15BrN2/c1-8-2-3-9(12)6-10(8)11-7-13-4-5-14-11/h4-5,7-10H,2-3,6H2,1H3. The minimum Gasteiger partial charge on any atom is -0.261 e. The fraction of sp³-hybridized carbons (Fsp3) is 0.636. The zero-order valence-electron chi connectivity index (χ0n) is 8.36. The van der Waals surface area contributed by atoms with E-state index >= 15 is 0 Å². The summed E-state index contributed by atoms with van der Waals surface area (Å²) in [6.07, 6.45) is 9.21. The first kappa shape index (κ1) is 10.1. The molecule has 0 saturated heterocycles. The van der Waals surface area contributed by atoms with Gasteiger partial charge in [-0.05, 0) is 25.2 Å². The highest BCUT2D eigenvalue weighted by molar-refractivity contribution is 9.09. The summed E-state index contributed by atoms with van der Waals surface area (Å²) >= 11 is 3.71. The summed E-state index contributed by atoms with van der Waals surface area (Å²) in [5.74, 6) is 1.32. The Hall–Kier alpha value is -0.440. The third kappa shape index (κ3) is 2.14. The van der Waals surface area contributed by atoms with E-state index in [0.717, 1.165) is 11.6 Å². The van der Waals surface area contributed by atoms with Gasteiger partial charge in [0.05, 0.1) is 5.69 Å². The quantitative estimate of drug-likeness (QED) is 0.720. The maximum absolute atomic E-state index is 4.40. The van der Waals surface area contributed by atoms with Gasteiger partial charge in [-0.15, -0.1) is 0 Å². The SMILES string of the molecule is CC1CCC(Br)CC1c1cnccn1. The van der Waals surface area contributed by atoms with Crippen molar-refractivity contribution in [1.82, 2.24) is 9.97 Å². The Morgan fingerprint density at radius 3 is 2.93 bits per heavy atom. The van der Waals surface area contributed by atoms with E-state index in [2.05, 4.69) is 32.8 Å². The van der Waals surface area contributed by atoms with Gasteiger partial charge in [0.25, 0.3) is 0 Å². The predicted molar refractivity (Wildman–Crippen MR) is 60.5 cm³/mol. The van der Waals surface area contributed by atoms with Crippen molar-refractivity contribution in [3.8, 4) is 0 Å². The minimum atomic E-state index is 0.585. The van der Waals surface area contributed by atoms with Gasteiger partial charge in [0.15, 0.2) is 0 Å². The normalized spacial score (nSPS) is 32.9. The largest absolute Gasteiger partial charge is 0.261 e. The van der Waals surface area contributed by atoms with Crippen LogP contribution in [0.5, 0.6) is 0 Å². The van der Waals surface area contributed by atoms with Gasteiger partial charge in [0, 0.05) is 29.3 Å². The molecule has 0 aliphatic heterocycles. The van der Waals surface area contributed by atoms with Crippen molar-refractivity contribution in [3.05, 3.63) is 24.3 Å². The molecule has 14 heavy (non-hydrogen) atoms. The van der Waals surface area contributed by atoms with Gasteiger partial charge in [-0.25, -0.2) is 0 Å². The first-order chi connectivity index (χ1) is 6.77. The number of halogens is 1. The molecule has 1 aromatic heterocycles. The molecule has 1 saturated carbocycles. The second-order valence-corrected chi connectivity index (χ2v) is 5.42. The molecule has 0 radical (unpaired) electrons. The van der Waals surface area contributed by atoms with Crippen LogP contribution in [0.3, 0.4) is 0 Å². The molecule has 3 atom stereocenters. The number of nitrogens with zero attached hydrogens (tertiary/aromatic N) is 2. The van der Waals surface area contributed by atoms with Crippen molar-refractivity contribution < 1.29 is 0 Å². The molecule has 1 heterocycles. The highest BCUT2D eigenvalue weighted by atomic mass is 79.9. The van der Waals surface area contributed by atoms with Crippen LogP contribution in [0.1, 0.15) is 37.8 Å². The van der Waals surface area contributed by atoms with E-state index in [1.807, 2.05) is 6.20 Å². The highest BCUT2D eigenvalue weighted by Gasteiger charge is 2.28. The van der Waals surface area contributed by atoms with Gasteiger partial charge in [-0.3, -0.25) is 9.97 Å². The Balaban J connectivity index is 2.16. The predicted octanol–water partition coefficient (Wildman–Crippen LogP) is 3.14. The third-order valence-corrected chi connectivity index (χ3v) is 3.93. The zero-order valence-corrected chi connectivity index (χ0v) is 9.94. The Labute approximate surface area is 93.3 Å². The third-order valence-electron chi connectivity index (χ3n) is 3.09. The van der Waals surface area contributed by atoms with E-state index in [4.69, 9.17) is 0 Å². The average Bonchev–Trinajstić information content (AvgIpc) is 2.23. The molecule has 1 fully saturated rings. The summed E-state index contributed by atoms with van der Waals surface area (Å²) < 4.78 is 0. The highest BCUT2D eigenvalue weighted by Crippen LogP contribution is 2.38. The monoisotopic (exact) mass is 254 g/mol. The number of hydrogen-bond acceptors (Lipinski definition) is 2. The summed E-state index contributed by atoms with van der Waals surface area (Å²) in [7, 11) is 0. The second-order valence-electron chi connectivity index (χ2n) is 4.12. The summed E-state index contributed by atoms with van der Waals surface area (Å²) in [5, 5.41) is 0. The van der Waals surface area contributed by atoms with Crippen molar-refractivity contribution >= 4 is 15.9 Å². The molecular formula is C11H15BrN2. The first-order valence-corrected chi connectivity index (χ1v) is 6.09. The van der Waals surface area contributed by atoms with Crippen LogP contribution in [0, 0.1) is 5.92 Å². The van der Waals surface area contributed by atoms with Crippen molar-refractivity contribution in [2.45, 2.75) is 36.9 Å². The maximum atomic E-state index is 4.40. The van der Waals surface area contributed by atoms with Crippen LogP contribution >= 0.6 is 15.9 Å². The number of hydrogen-bond donors (Lipinski definition) is 0. The van der Waals surface area contributed by atoms with E-state index in [0.29, 0.717) is 10.7 Å². The molecule has 0 N–H and O–H groups in total. The van der Waals surface area contributed by atoms with Crippen LogP contribution in [-0.4, -0.2) is 14.8 Å². The molecule has 0 spiro atoms. The van der Waals surface area contributed by atoms with Gasteiger partial charge in [0.2, 0.25) is 0 Å². The summed E-state index contributed by atoms with van der Waals surface area (Å²) in [4.78, 5) is 9.20. The van der Waals surface area contributed by atoms with E-state index in [1.54, 1.807) is 12.4 Å². The van der Waals surface area contributed by atoms with E-state index in [9.17, 15) is 0 Å². The molecule has 2 nitrogen and oxygen atoms in total. The topological polar surface area (TPSA) is 25.8 Å². The van der Waals surface area contributed by atoms with Gasteiger partial charge >= 0.3 is 0 Å². The van der Waals surface area contributed by atoms with Gasteiger partial charge in [-0.1, -0.05) is 22.9 Å². The molecule has 0 aromatic carbocycles. The number of rotatable bonds is 1. The first-order valence-electron chi connectivity index (χ1n) is 5.17. The van der Waals surface area contributed by atoms with Gasteiger partial charge < -0.3 is 0 Å². The smallest absolute Gasteiger partial charge is 0.0620 e. The average molecular weight is 255 g/mol. The van der Waals surface area contributed by atoms with Crippen molar-refractivity contribution in [1.29, 1.82) is 0 Å². The molecule has 3 heteroatoms. The minimum absolute atomic E-state index is 0.585. The lowest BCUT2D eigenvalue weighted by atomic mass is 9.79. The fourth-order valence-corrected chi connectivity index (χ4v) is 2.85. The summed E-state index contributed by atoms with van der Waals surface area (Å²) in [5.41, 5.74) is 1.16. The lowest BCUT2D eigenvalue weighted by molar-refractivity contribution is 0.334. The molecule has 2 rings (SSSR count). The maximum Gasteiger partial charge on any atom is 0.0620 e. The number of alkyl halides is 1. The van der Waals surface area contributed by atoms with Crippen LogP contribution < -0.4 is 0 Å². The van der Waals surface area contributed by atoms with E-state index in [-0.39, 0.29) is 0 Å². The molecule has 0 amide bonds. The molecular weight excluding hydrogens is 240 g/mol. The Morgan fingerprint density at radius 2 is 2.21 bits per heavy atom. The Kier molecular flexibility index (Phi) is 3.16. The molecule has 1 aromatic rings. The summed E-state index contributed by atoms with van der Waals surface area (Å²) in [6, 6.07) is 0.